The molecule has 0 saturated carbocycles. The zero-order chi connectivity index (χ0) is 14.0. The predicted molar refractivity (Wildman–Crippen MR) is 73.3 cm³/mol. The van der Waals surface area contributed by atoms with Crippen molar-refractivity contribution in [1.29, 1.82) is 0 Å². The Bertz CT molecular complexity index is 630. The summed E-state index contributed by atoms with van der Waals surface area (Å²) in [4.78, 5) is 8.12. The molecule has 1 N–H and O–H groups in total. The molecule has 7 nitrogen and oxygen atoms in total. The second-order valence-electron chi connectivity index (χ2n) is 3.63. The lowest BCUT2D eigenvalue weighted by molar-refractivity contribution is 0.398. The Labute approximate surface area is 117 Å². The van der Waals surface area contributed by atoms with E-state index in [4.69, 9.17) is 16.3 Å². The minimum atomic E-state index is -1.21. The Morgan fingerprint density at radius 1 is 1.53 bits per heavy atom. The van der Waals surface area contributed by atoms with Gasteiger partial charge in [0, 0.05) is 6.26 Å². The summed E-state index contributed by atoms with van der Waals surface area (Å²) >= 11 is 5.84. The highest BCUT2D eigenvalue weighted by Gasteiger charge is 2.10. The quantitative estimate of drug-likeness (QED) is 0.922. The second kappa shape index (κ2) is 5.54. The van der Waals surface area contributed by atoms with Crippen LogP contribution in [-0.4, -0.2) is 36.7 Å². The average molecular weight is 302 g/mol. The highest BCUT2D eigenvalue weighted by Crippen LogP contribution is 2.23. The molecule has 2 aromatic heterocycles. The van der Waals surface area contributed by atoms with Crippen LogP contribution in [0.3, 0.4) is 0 Å². The van der Waals surface area contributed by atoms with E-state index in [-0.39, 0.29) is 5.88 Å². The van der Waals surface area contributed by atoms with Crippen molar-refractivity contribution in [3.8, 4) is 5.88 Å². The van der Waals surface area contributed by atoms with Crippen LogP contribution < -0.4 is 10.1 Å². The number of rotatable bonds is 4. The molecule has 0 aliphatic heterocycles. The van der Waals surface area contributed by atoms with Gasteiger partial charge in [0.25, 0.3) is 0 Å². The number of hydrogen-bond acceptors (Lipinski definition) is 6. The molecule has 0 radical (unpaired) electrons. The fraction of sp³-hybridized carbons (Fsp3) is 0.300. The number of aromatic nitrogens is 4. The van der Waals surface area contributed by atoms with Gasteiger partial charge >= 0.3 is 0 Å². The summed E-state index contributed by atoms with van der Waals surface area (Å²) in [5, 5.41) is 7.41. The Balaban J connectivity index is 2.28. The molecule has 2 heterocycles. The minimum Gasteiger partial charge on any atom is -0.480 e. The molecule has 0 aromatic carbocycles. The topological polar surface area (TPSA) is 81.9 Å². The SMILES string of the molecule is COc1nc(Nc2cn(S(C)=O)nc2C)ncc1Cl. The van der Waals surface area contributed by atoms with Gasteiger partial charge in [0.15, 0.2) is 0 Å². The number of nitrogens with zero attached hydrogens (tertiary/aromatic N) is 4. The molecule has 2 rings (SSSR count). The van der Waals surface area contributed by atoms with E-state index in [1.807, 2.05) is 0 Å². The Kier molecular flexibility index (Phi) is 4.01. The molecule has 2 aromatic rings. The molecule has 0 spiro atoms. The zero-order valence-electron chi connectivity index (χ0n) is 10.5. The molecule has 0 bridgehead atoms. The number of methoxy groups -OCH3 is 1. The third-order valence-corrected chi connectivity index (χ3v) is 3.27. The molecule has 0 fully saturated rings. The molecule has 0 aliphatic rings. The standard InChI is InChI=1S/C10H12ClN5O2S/c1-6-8(5-16(15-6)19(3)17)13-10-12-4-7(11)9(14-10)18-2/h4-5H,1-3H3,(H,12,13,14). The third-order valence-electron chi connectivity index (χ3n) is 2.29. The third kappa shape index (κ3) is 3.02. The van der Waals surface area contributed by atoms with E-state index < -0.39 is 11.0 Å². The molecule has 19 heavy (non-hydrogen) atoms. The van der Waals surface area contributed by atoms with Crippen LogP contribution in [0.5, 0.6) is 5.88 Å². The monoisotopic (exact) mass is 301 g/mol. The lowest BCUT2D eigenvalue weighted by Gasteiger charge is -2.05. The van der Waals surface area contributed by atoms with E-state index in [9.17, 15) is 4.21 Å². The van der Waals surface area contributed by atoms with Crippen LogP contribution in [0.15, 0.2) is 12.4 Å². The van der Waals surface area contributed by atoms with Gasteiger partial charge in [-0.3, -0.25) is 0 Å². The van der Waals surface area contributed by atoms with Crippen LogP contribution in [0.2, 0.25) is 5.02 Å². The maximum Gasteiger partial charge on any atom is 0.237 e. The lowest BCUT2D eigenvalue weighted by atomic mass is 10.4. The molecular formula is C10H12ClN5O2S. The highest BCUT2D eigenvalue weighted by molar-refractivity contribution is 7.82. The molecular weight excluding hydrogens is 290 g/mol. The summed E-state index contributed by atoms with van der Waals surface area (Å²) in [6.45, 7) is 1.79. The summed E-state index contributed by atoms with van der Waals surface area (Å²) in [7, 11) is 0.267. The summed E-state index contributed by atoms with van der Waals surface area (Å²) in [6, 6.07) is 0. The first-order chi connectivity index (χ1) is 9.01. The minimum absolute atomic E-state index is 0.281. The van der Waals surface area contributed by atoms with Gasteiger partial charge in [-0.1, -0.05) is 11.6 Å². The van der Waals surface area contributed by atoms with Gasteiger partial charge < -0.3 is 10.1 Å². The average Bonchev–Trinajstić information content (AvgIpc) is 2.73. The Morgan fingerprint density at radius 3 is 2.84 bits per heavy atom. The number of hydrogen-bond donors (Lipinski definition) is 1. The van der Waals surface area contributed by atoms with Crippen molar-refractivity contribution in [2.45, 2.75) is 6.92 Å². The lowest BCUT2D eigenvalue weighted by Crippen LogP contribution is -2.02. The van der Waals surface area contributed by atoms with Crippen molar-refractivity contribution in [2.24, 2.45) is 0 Å². The smallest absolute Gasteiger partial charge is 0.237 e. The maximum absolute atomic E-state index is 11.3. The van der Waals surface area contributed by atoms with Gasteiger partial charge in [0.05, 0.1) is 30.9 Å². The number of aryl methyl sites for hydroxylation is 1. The van der Waals surface area contributed by atoms with Crippen molar-refractivity contribution >= 4 is 34.2 Å². The fourth-order valence-corrected chi connectivity index (χ4v) is 2.02. The summed E-state index contributed by atoms with van der Waals surface area (Å²) in [5.41, 5.74) is 1.35. The van der Waals surface area contributed by atoms with E-state index in [1.165, 1.54) is 23.6 Å². The van der Waals surface area contributed by atoms with Crippen molar-refractivity contribution in [3.05, 3.63) is 23.1 Å². The van der Waals surface area contributed by atoms with Crippen molar-refractivity contribution in [1.82, 2.24) is 19.2 Å². The van der Waals surface area contributed by atoms with Crippen LogP contribution in [-0.2, 0) is 11.0 Å². The summed E-state index contributed by atoms with van der Waals surface area (Å²) in [5.74, 6) is 0.606. The number of ether oxygens (including phenoxy) is 1. The normalized spacial score (nSPS) is 12.2. The van der Waals surface area contributed by atoms with E-state index in [1.54, 1.807) is 13.1 Å². The fourth-order valence-electron chi connectivity index (χ4n) is 1.36. The number of anilines is 2. The van der Waals surface area contributed by atoms with E-state index in [0.29, 0.717) is 22.4 Å². The van der Waals surface area contributed by atoms with Gasteiger partial charge in [-0.2, -0.15) is 14.2 Å². The molecule has 1 atom stereocenters. The van der Waals surface area contributed by atoms with Crippen LogP contribution in [0.25, 0.3) is 0 Å². The Hall–Kier alpha value is -1.67. The maximum atomic E-state index is 11.3. The van der Waals surface area contributed by atoms with Crippen molar-refractivity contribution in [3.63, 3.8) is 0 Å². The van der Waals surface area contributed by atoms with Crippen molar-refractivity contribution < 1.29 is 8.95 Å². The Morgan fingerprint density at radius 2 is 2.26 bits per heavy atom. The summed E-state index contributed by atoms with van der Waals surface area (Å²) in [6.07, 6.45) is 4.60. The largest absolute Gasteiger partial charge is 0.480 e. The number of halogens is 1. The van der Waals surface area contributed by atoms with Gasteiger partial charge in [0.2, 0.25) is 11.8 Å². The molecule has 1 unspecified atom stereocenters. The van der Waals surface area contributed by atoms with E-state index in [0.717, 1.165) is 0 Å². The molecule has 9 heteroatoms. The van der Waals surface area contributed by atoms with Gasteiger partial charge in [-0.05, 0) is 6.92 Å². The van der Waals surface area contributed by atoms with Gasteiger partial charge in [-0.15, -0.1) is 0 Å². The van der Waals surface area contributed by atoms with E-state index >= 15 is 0 Å². The molecule has 102 valence electrons. The van der Waals surface area contributed by atoms with Crippen LogP contribution in [0.4, 0.5) is 11.6 Å². The number of nitrogens with one attached hydrogen (secondary N) is 1. The molecule has 0 aliphatic carbocycles. The van der Waals surface area contributed by atoms with Crippen LogP contribution in [0.1, 0.15) is 5.69 Å². The second-order valence-corrected chi connectivity index (χ2v) is 5.26. The first kappa shape index (κ1) is 13.8. The van der Waals surface area contributed by atoms with Crippen LogP contribution >= 0.6 is 11.6 Å². The molecule has 0 saturated heterocycles. The van der Waals surface area contributed by atoms with Crippen molar-refractivity contribution in [2.75, 3.05) is 18.7 Å². The first-order valence-electron chi connectivity index (χ1n) is 5.25. The summed E-state index contributed by atoms with van der Waals surface area (Å²) < 4.78 is 17.7. The van der Waals surface area contributed by atoms with E-state index in [2.05, 4.69) is 20.4 Å². The van der Waals surface area contributed by atoms with Gasteiger partial charge in [-0.25, -0.2) is 9.19 Å². The zero-order valence-corrected chi connectivity index (χ0v) is 12.1. The predicted octanol–water partition coefficient (Wildman–Crippen LogP) is 1.53. The van der Waals surface area contributed by atoms with Crippen LogP contribution in [0, 0.1) is 6.92 Å². The molecule has 0 amide bonds. The van der Waals surface area contributed by atoms with Gasteiger partial charge in [0.1, 0.15) is 16.0 Å². The highest BCUT2D eigenvalue weighted by atomic mass is 35.5. The first-order valence-corrected chi connectivity index (χ1v) is 7.14.